The van der Waals surface area contributed by atoms with E-state index in [2.05, 4.69) is 5.32 Å². The second kappa shape index (κ2) is 3.56. The number of rotatable bonds is 1. The first-order valence-electron chi connectivity index (χ1n) is 5.56. The van der Waals surface area contributed by atoms with Gasteiger partial charge in [0.2, 0.25) is 0 Å². The van der Waals surface area contributed by atoms with Gasteiger partial charge in [-0.1, -0.05) is 6.07 Å². The summed E-state index contributed by atoms with van der Waals surface area (Å²) in [6, 6.07) is 4.75. The molecule has 1 N–H and O–H groups in total. The van der Waals surface area contributed by atoms with Crippen LogP contribution in [0.25, 0.3) is 0 Å². The maximum absolute atomic E-state index is 13.1. The van der Waals surface area contributed by atoms with Crippen molar-refractivity contribution >= 4 is 5.91 Å². The van der Waals surface area contributed by atoms with Gasteiger partial charge in [-0.15, -0.1) is 0 Å². The van der Waals surface area contributed by atoms with E-state index in [-0.39, 0.29) is 17.8 Å². The van der Waals surface area contributed by atoms with Gasteiger partial charge in [0.1, 0.15) is 5.82 Å². The minimum Gasteiger partial charge on any atom is -0.330 e. The number of hydrogen-bond acceptors (Lipinski definition) is 2. The van der Waals surface area contributed by atoms with Crippen LogP contribution < -0.4 is 5.32 Å². The average molecular weight is 220 g/mol. The summed E-state index contributed by atoms with van der Waals surface area (Å²) in [5.41, 5.74) is 1.48. The highest BCUT2D eigenvalue weighted by atomic mass is 19.1. The molecule has 2 heterocycles. The molecule has 0 radical (unpaired) electrons. The third-order valence-corrected chi connectivity index (χ3v) is 3.38. The highest BCUT2D eigenvalue weighted by Gasteiger charge is 2.33. The molecule has 84 valence electrons. The number of carbonyl (C=O) groups excluding carboxylic acids is 1. The Kier molecular flexibility index (Phi) is 2.17. The molecule has 1 amide bonds. The fourth-order valence-corrected chi connectivity index (χ4v) is 2.50. The van der Waals surface area contributed by atoms with Gasteiger partial charge in [-0.2, -0.15) is 0 Å². The van der Waals surface area contributed by atoms with Crippen molar-refractivity contribution in [2.75, 3.05) is 13.1 Å². The Morgan fingerprint density at radius 1 is 1.44 bits per heavy atom. The molecule has 0 unspecified atom stereocenters. The fraction of sp³-hybridized carbons (Fsp3) is 0.417. The molecule has 0 bridgehead atoms. The lowest BCUT2D eigenvalue weighted by Gasteiger charge is -2.22. The molecule has 2 aliphatic heterocycles. The number of hydrogen-bond donors (Lipinski definition) is 1. The van der Waals surface area contributed by atoms with Crippen molar-refractivity contribution in [2.24, 2.45) is 0 Å². The van der Waals surface area contributed by atoms with Gasteiger partial charge in [0, 0.05) is 24.7 Å². The van der Waals surface area contributed by atoms with Gasteiger partial charge in [-0.25, -0.2) is 4.39 Å². The molecule has 2 aliphatic rings. The Hall–Kier alpha value is -1.42. The van der Waals surface area contributed by atoms with Crippen molar-refractivity contribution in [3.63, 3.8) is 0 Å². The molecule has 0 aromatic heterocycles. The molecule has 1 aromatic rings. The van der Waals surface area contributed by atoms with Gasteiger partial charge in [0.15, 0.2) is 0 Å². The van der Waals surface area contributed by atoms with Crippen molar-refractivity contribution in [3.8, 4) is 0 Å². The van der Waals surface area contributed by atoms with Crippen molar-refractivity contribution in [2.45, 2.75) is 19.0 Å². The van der Waals surface area contributed by atoms with Crippen molar-refractivity contribution in [1.82, 2.24) is 10.2 Å². The SMILES string of the molecule is O=C1c2cc(F)ccc2CN1[C@H]1CCNC1. The van der Waals surface area contributed by atoms with E-state index in [9.17, 15) is 9.18 Å². The molecule has 0 saturated carbocycles. The van der Waals surface area contributed by atoms with Crippen molar-refractivity contribution in [1.29, 1.82) is 0 Å². The summed E-state index contributed by atoms with van der Waals surface area (Å²) in [5, 5.41) is 3.24. The normalized spacial score (nSPS) is 23.9. The topological polar surface area (TPSA) is 32.3 Å². The van der Waals surface area contributed by atoms with Crippen LogP contribution in [0.4, 0.5) is 4.39 Å². The molecular weight excluding hydrogens is 207 g/mol. The molecule has 1 aromatic carbocycles. The molecule has 4 heteroatoms. The van der Waals surface area contributed by atoms with E-state index in [1.165, 1.54) is 12.1 Å². The maximum Gasteiger partial charge on any atom is 0.254 e. The minimum atomic E-state index is -0.335. The number of halogens is 1. The van der Waals surface area contributed by atoms with E-state index in [0.717, 1.165) is 25.1 Å². The van der Waals surface area contributed by atoms with Crippen LogP contribution in [-0.2, 0) is 6.54 Å². The summed E-state index contributed by atoms with van der Waals surface area (Å²) in [4.78, 5) is 13.9. The lowest BCUT2D eigenvalue weighted by Crippen LogP contribution is -2.36. The first kappa shape index (κ1) is 9.78. The third kappa shape index (κ3) is 1.41. The van der Waals surface area contributed by atoms with Crippen LogP contribution in [0.3, 0.4) is 0 Å². The van der Waals surface area contributed by atoms with Crippen molar-refractivity contribution < 1.29 is 9.18 Å². The van der Waals surface area contributed by atoms with E-state index in [4.69, 9.17) is 0 Å². The summed E-state index contributed by atoms with van der Waals surface area (Å²) in [6.07, 6.45) is 0.988. The summed E-state index contributed by atoms with van der Waals surface area (Å²) < 4.78 is 13.1. The minimum absolute atomic E-state index is 0.0248. The molecule has 0 aliphatic carbocycles. The standard InChI is InChI=1S/C12H13FN2O/c13-9-2-1-8-7-15(10-3-4-14-6-10)12(16)11(8)5-9/h1-2,5,10,14H,3-4,6-7H2/t10-/m0/s1. The van der Waals surface area contributed by atoms with Crippen LogP contribution in [0.5, 0.6) is 0 Å². The van der Waals surface area contributed by atoms with Gasteiger partial charge in [-0.05, 0) is 30.7 Å². The summed E-state index contributed by atoms with van der Waals surface area (Å²) >= 11 is 0. The second-order valence-corrected chi connectivity index (χ2v) is 4.38. The zero-order valence-corrected chi connectivity index (χ0v) is 8.87. The Bertz CT molecular complexity index is 441. The van der Waals surface area contributed by atoms with Gasteiger partial charge >= 0.3 is 0 Å². The van der Waals surface area contributed by atoms with Gasteiger partial charge in [0.05, 0.1) is 0 Å². The predicted molar refractivity (Wildman–Crippen MR) is 57.5 cm³/mol. The van der Waals surface area contributed by atoms with Crippen LogP contribution in [0.1, 0.15) is 22.3 Å². The first-order chi connectivity index (χ1) is 7.75. The van der Waals surface area contributed by atoms with Crippen LogP contribution in [0.15, 0.2) is 18.2 Å². The first-order valence-corrected chi connectivity index (χ1v) is 5.56. The van der Waals surface area contributed by atoms with Crippen LogP contribution in [-0.4, -0.2) is 29.9 Å². The fourth-order valence-electron chi connectivity index (χ4n) is 2.50. The van der Waals surface area contributed by atoms with E-state index >= 15 is 0 Å². The predicted octanol–water partition coefficient (Wildman–Crippen LogP) is 1.14. The summed E-state index contributed by atoms with van der Waals surface area (Å²) in [7, 11) is 0. The summed E-state index contributed by atoms with van der Waals surface area (Å²) in [6.45, 7) is 2.43. The number of benzene rings is 1. The molecule has 3 nitrogen and oxygen atoms in total. The van der Waals surface area contributed by atoms with Crippen LogP contribution >= 0.6 is 0 Å². The van der Waals surface area contributed by atoms with Gasteiger partial charge in [0.25, 0.3) is 5.91 Å². The monoisotopic (exact) mass is 220 g/mol. The van der Waals surface area contributed by atoms with E-state index < -0.39 is 0 Å². The third-order valence-electron chi connectivity index (χ3n) is 3.38. The van der Waals surface area contributed by atoms with E-state index in [1.807, 2.05) is 4.90 Å². The molecule has 1 fully saturated rings. The highest BCUT2D eigenvalue weighted by Crippen LogP contribution is 2.26. The smallest absolute Gasteiger partial charge is 0.254 e. The molecular formula is C12H13FN2O. The van der Waals surface area contributed by atoms with Crippen LogP contribution in [0, 0.1) is 5.82 Å². The second-order valence-electron chi connectivity index (χ2n) is 4.38. The largest absolute Gasteiger partial charge is 0.330 e. The zero-order valence-electron chi connectivity index (χ0n) is 8.87. The number of amides is 1. The number of nitrogens with zero attached hydrogens (tertiary/aromatic N) is 1. The van der Waals surface area contributed by atoms with E-state index in [0.29, 0.717) is 12.1 Å². The maximum atomic E-state index is 13.1. The Balaban J connectivity index is 1.91. The number of carbonyl (C=O) groups is 1. The number of nitrogens with one attached hydrogen (secondary N) is 1. The zero-order chi connectivity index (χ0) is 11.1. The van der Waals surface area contributed by atoms with Gasteiger partial charge < -0.3 is 10.2 Å². The van der Waals surface area contributed by atoms with Crippen LogP contribution in [0.2, 0.25) is 0 Å². The highest BCUT2D eigenvalue weighted by molar-refractivity contribution is 5.98. The van der Waals surface area contributed by atoms with Crippen molar-refractivity contribution in [3.05, 3.63) is 35.1 Å². The Morgan fingerprint density at radius 3 is 3.06 bits per heavy atom. The molecule has 1 saturated heterocycles. The number of fused-ring (bicyclic) bond motifs is 1. The Labute approximate surface area is 93.2 Å². The molecule has 0 spiro atoms. The lowest BCUT2D eigenvalue weighted by molar-refractivity contribution is 0.0717. The van der Waals surface area contributed by atoms with Gasteiger partial charge in [-0.3, -0.25) is 4.79 Å². The lowest BCUT2D eigenvalue weighted by atomic mass is 10.1. The van der Waals surface area contributed by atoms with E-state index in [1.54, 1.807) is 6.07 Å². The summed E-state index contributed by atoms with van der Waals surface area (Å²) in [5.74, 6) is -0.360. The molecule has 1 atom stereocenters. The Morgan fingerprint density at radius 2 is 2.31 bits per heavy atom. The quantitative estimate of drug-likeness (QED) is 0.769. The molecule has 16 heavy (non-hydrogen) atoms. The molecule has 3 rings (SSSR count). The average Bonchev–Trinajstić information content (AvgIpc) is 2.87.